The smallest absolute Gasteiger partial charge is 0.371 e. The standard InChI is InChI=1S/C20H21FO5/c1-2-25-19(20(23)24)11-14-6-8-17(9-7-14)26-13-18(21)16-5-3-4-15(10-16)12-22/h3-11,18,22H,2,12-13H2,1H3,(H,23,24)/b19-11-/t18-/m0/s1. The van der Waals surface area contributed by atoms with E-state index < -0.39 is 12.1 Å². The Morgan fingerprint density at radius 2 is 1.96 bits per heavy atom. The lowest BCUT2D eigenvalue weighted by Crippen LogP contribution is -2.06. The van der Waals surface area contributed by atoms with E-state index in [-0.39, 0.29) is 25.6 Å². The Labute approximate surface area is 151 Å². The Bertz CT molecular complexity index is 755. The van der Waals surface area contributed by atoms with E-state index in [1.165, 1.54) is 6.08 Å². The summed E-state index contributed by atoms with van der Waals surface area (Å²) in [6, 6.07) is 13.2. The highest BCUT2D eigenvalue weighted by atomic mass is 19.1. The average molecular weight is 360 g/mol. The molecule has 0 saturated heterocycles. The molecule has 0 aromatic heterocycles. The number of carboxylic acid groups (broad SMARTS) is 1. The van der Waals surface area contributed by atoms with E-state index in [0.29, 0.717) is 22.4 Å². The van der Waals surface area contributed by atoms with Crippen LogP contribution in [0.2, 0.25) is 0 Å². The molecule has 5 nitrogen and oxygen atoms in total. The molecule has 2 N–H and O–H groups in total. The van der Waals surface area contributed by atoms with E-state index >= 15 is 0 Å². The predicted molar refractivity (Wildman–Crippen MR) is 95.4 cm³/mol. The van der Waals surface area contributed by atoms with Gasteiger partial charge in [0.05, 0.1) is 13.2 Å². The van der Waals surface area contributed by atoms with Crippen molar-refractivity contribution in [3.63, 3.8) is 0 Å². The van der Waals surface area contributed by atoms with Crippen LogP contribution in [0.15, 0.2) is 54.3 Å². The number of hydrogen-bond acceptors (Lipinski definition) is 4. The lowest BCUT2D eigenvalue weighted by molar-refractivity contribution is -0.136. The third-order valence-electron chi connectivity index (χ3n) is 3.58. The fourth-order valence-electron chi connectivity index (χ4n) is 2.28. The first-order valence-electron chi connectivity index (χ1n) is 8.18. The first kappa shape index (κ1) is 19.5. The number of aliphatic hydroxyl groups excluding tert-OH is 1. The summed E-state index contributed by atoms with van der Waals surface area (Å²) in [7, 11) is 0. The molecule has 0 bridgehead atoms. The van der Waals surface area contributed by atoms with E-state index in [2.05, 4.69) is 0 Å². The second-order valence-corrected chi connectivity index (χ2v) is 5.50. The maximum absolute atomic E-state index is 14.3. The molecule has 0 spiro atoms. The number of aliphatic carboxylic acids is 1. The Hall–Kier alpha value is -2.86. The first-order chi connectivity index (χ1) is 12.5. The van der Waals surface area contributed by atoms with Crippen LogP contribution in [0.3, 0.4) is 0 Å². The zero-order chi connectivity index (χ0) is 18.9. The van der Waals surface area contributed by atoms with Crippen molar-refractivity contribution >= 4 is 12.0 Å². The van der Waals surface area contributed by atoms with E-state index in [4.69, 9.17) is 19.7 Å². The number of ether oxygens (including phenoxy) is 2. The minimum atomic E-state index is -1.32. The van der Waals surface area contributed by atoms with Crippen molar-refractivity contribution in [1.82, 2.24) is 0 Å². The monoisotopic (exact) mass is 360 g/mol. The molecule has 0 unspecified atom stereocenters. The van der Waals surface area contributed by atoms with Crippen LogP contribution in [-0.2, 0) is 16.1 Å². The fraction of sp³-hybridized carbons (Fsp3) is 0.250. The highest BCUT2D eigenvalue weighted by Gasteiger charge is 2.12. The van der Waals surface area contributed by atoms with Crippen molar-refractivity contribution in [1.29, 1.82) is 0 Å². The fourth-order valence-corrected chi connectivity index (χ4v) is 2.28. The van der Waals surface area contributed by atoms with Crippen molar-refractivity contribution in [2.24, 2.45) is 0 Å². The number of hydrogen-bond donors (Lipinski definition) is 2. The van der Waals surface area contributed by atoms with Crippen LogP contribution in [0.25, 0.3) is 6.08 Å². The summed E-state index contributed by atoms with van der Waals surface area (Å²) in [6.07, 6.45) is 0.0890. The third kappa shape index (κ3) is 5.60. The third-order valence-corrected chi connectivity index (χ3v) is 3.58. The molecule has 0 aliphatic carbocycles. The molecule has 1 atom stereocenters. The molecule has 0 aliphatic heterocycles. The predicted octanol–water partition coefficient (Wildman–Crippen LogP) is 3.73. The number of aliphatic hydroxyl groups is 1. The van der Waals surface area contributed by atoms with Crippen molar-refractivity contribution in [3.05, 3.63) is 71.0 Å². The summed E-state index contributed by atoms with van der Waals surface area (Å²) < 4.78 is 24.8. The number of benzene rings is 2. The topological polar surface area (TPSA) is 76.0 Å². The van der Waals surface area contributed by atoms with Gasteiger partial charge in [0.2, 0.25) is 5.76 Å². The lowest BCUT2D eigenvalue weighted by atomic mass is 10.1. The van der Waals surface area contributed by atoms with Crippen LogP contribution in [0.5, 0.6) is 5.75 Å². The molecular formula is C20H21FO5. The molecule has 0 radical (unpaired) electrons. The SMILES string of the molecule is CCO/C(=C\c1ccc(OC[C@H](F)c2cccc(CO)c2)cc1)C(=O)O. The van der Waals surface area contributed by atoms with Gasteiger partial charge in [-0.1, -0.05) is 36.4 Å². The molecule has 0 heterocycles. The molecule has 0 aliphatic rings. The zero-order valence-electron chi connectivity index (χ0n) is 14.4. The van der Waals surface area contributed by atoms with Crippen molar-refractivity contribution < 1.29 is 28.9 Å². The van der Waals surface area contributed by atoms with E-state index in [9.17, 15) is 9.18 Å². The summed E-state index contributed by atoms with van der Waals surface area (Å²) in [5, 5.41) is 18.1. The van der Waals surface area contributed by atoms with Gasteiger partial charge in [0.25, 0.3) is 0 Å². The normalized spacial score (nSPS) is 12.5. The number of alkyl halides is 1. The zero-order valence-corrected chi connectivity index (χ0v) is 14.4. The molecule has 2 aromatic carbocycles. The van der Waals surface area contributed by atoms with Crippen molar-refractivity contribution in [3.8, 4) is 5.75 Å². The Kier molecular flexibility index (Phi) is 7.17. The summed E-state index contributed by atoms with van der Waals surface area (Å²) in [5.74, 6) is -0.817. The minimum absolute atomic E-state index is 0.142. The van der Waals surface area contributed by atoms with Crippen LogP contribution in [0.1, 0.15) is 29.8 Å². The van der Waals surface area contributed by atoms with Gasteiger partial charge in [0.1, 0.15) is 12.4 Å². The maximum Gasteiger partial charge on any atom is 0.371 e. The molecule has 6 heteroatoms. The second kappa shape index (κ2) is 9.58. The Balaban J connectivity index is 1.98. The van der Waals surface area contributed by atoms with Crippen molar-refractivity contribution in [2.75, 3.05) is 13.2 Å². The van der Waals surface area contributed by atoms with Gasteiger partial charge in [-0.15, -0.1) is 0 Å². The van der Waals surface area contributed by atoms with E-state index in [1.54, 1.807) is 55.5 Å². The van der Waals surface area contributed by atoms with Crippen LogP contribution < -0.4 is 4.74 Å². The number of rotatable bonds is 9. The minimum Gasteiger partial charge on any atom is -0.490 e. The van der Waals surface area contributed by atoms with Gasteiger partial charge in [-0.05, 0) is 41.8 Å². The van der Waals surface area contributed by atoms with E-state index in [1.807, 2.05) is 0 Å². The quantitative estimate of drug-likeness (QED) is 0.526. The molecular weight excluding hydrogens is 339 g/mol. The van der Waals surface area contributed by atoms with Gasteiger partial charge in [0.15, 0.2) is 6.17 Å². The average Bonchev–Trinajstić information content (AvgIpc) is 2.66. The van der Waals surface area contributed by atoms with Gasteiger partial charge in [-0.2, -0.15) is 0 Å². The van der Waals surface area contributed by atoms with Crippen LogP contribution >= 0.6 is 0 Å². The molecule has 2 aromatic rings. The summed E-state index contributed by atoms with van der Waals surface area (Å²) >= 11 is 0. The van der Waals surface area contributed by atoms with E-state index in [0.717, 1.165) is 0 Å². The molecule has 0 amide bonds. The van der Waals surface area contributed by atoms with Crippen LogP contribution in [-0.4, -0.2) is 29.4 Å². The van der Waals surface area contributed by atoms with Gasteiger partial charge in [0, 0.05) is 0 Å². The first-order valence-corrected chi connectivity index (χ1v) is 8.18. The highest BCUT2D eigenvalue weighted by Crippen LogP contribution is 2.21. The number of carboxylic acids is 1. The highest BCUT2D eigenvalue weighted by molar-refractivity contribution is 5.89. The van der Waals surface area contributed by atoms with Gasteiger partial charge in [-0.25, -0.2) is 9.18 Å². The number of carbonyl (C=O) groups is 1. The van der Waals surface area contributed by atoms with Gasteiger partial charge in [-0.3, -0.25) is 0 Å². The van der Waals surface area contributed by atoms with Crippen LogP contribution in [0, 0.1) is 0 Å². The maximum atomic E-state index is 14.3. The number of halogens is 1. The molecule has 26 heavy (non-hydrogen) atoms. The van der Waals surface area contributed by atoms with Crippen LogP contribution in [0.4, 0.5) is 4.39 Å². The van der Waals surface area contributed by atoms with Gasteiger partial charge >= 0.3 is 5.97 Å². The summed E-state index contributed by atoms with van der Waals surface area (Å²) in [4.78, 5) is 11.0. The molecule has 0 fully saturated rings. The Morgan fingerprint density at radius 1 is 1.23 bits per heavy atom. The second-order valence-electron chi connectivity index (χ2n) is 5.50. The largest absolute Gasteiger partial charge is 0.490 e. The molecule has 138 valence electrons. The van der Waals surface area contributed by atoms with Gasteiger partial charge < -0.3 is 19.7 Å². The van der Waals surface area contributed by atoms with Crippen molar-refractivity contribution in [2.45, 2.75) is 19.7 Å². The molecule has 0 saturated carbocycles. The summed E-state index contributed by atoms with van der Waals surface area (Å²) in [5.41, 5.74) is 1.72. The lowest BCUT2D eigenvalue weighted by Gasteiger charge is -2.12. The molecule has 2 rings (SSSR count). The summed E-state index contributed by atoms with van der Waals surface area (Å²) in [6.45, 7) is 1.66. The Morgan fingerprint density at radius 3 is 2.58 bits per heavy atom.